The van der Waals surface area contributed by atoms with Crippen LogP contribution in [-0.2, 0) is 4.74 Å². The summed E-state index contributed by atoms with van der Waals surface area (Å²) in [4.78, 5) is 0. The molecule has 0 bridgehead atoms. The fourth-order valence-electron chi connectivity index (χ4n) is 3.01. The van der Waals surface area contributed by atoms with Crippen molar-refractivity contribution in [1.29, 1.82) is 0 Å². The summed E-state index contributed by atoms with van der Waals surface area (Å²) in [6, 6.07) is 10.9. The van der Waals surface area contributed by atoms with E-state index in [0.717, 1.165) is 26.3 Å². The van der Waals surface area contributed by atoms with Crippen LogP contribution in [-0.4, -0.2) is 26.3 Å². The molecule has 112 valence electrons. The molecule has 1 unspecified atom stereocenters. The van der Waals surface area contributed by atoms with Gasteiger partial charge in [-0.05, 0) is 35.7 Å². The van der Waals surface area contributed by atoms with Crippen molar-refractivity contribution in [2.75, 3.05) is 26.3 Å². The van der Waals surface area contributed by atoms with Crippen LogP contribution in [0.2, 0.25) is 0 Å². The zero-order valence-electron chi connectivity index (χ0n) is 13.2. The van der Waals surface area contributed by atoms with Gasteiger partial charge in [0.05, 0.1) is 0 Å². The zero-order chi connectivity index (χ0) is 14.4. The fourth-order valence-corrected chi connectivity index (χ4v) is 3.01. The van der Waals surface area contributed by atoms with E-state index in [0.29, 0.717) is 17.3 Å². The summed E-state index contributed by atoms with van der Waals surface area (Å²) in [6.45, 7) is 11.0. The highest BCUT2D eigenvalue weighted by molar-refractivity contribution is 5.20. The molecule has 1 aromatic rings. The Bertz CT molecular complexity index is 382. The Balaban J connectivity index is 1.87. The number of hydrogen-bond acceptors (Lipinski definition) is 2. The van der Waals surface area contributed by atoms with Gasteiger partial charge in [0.2, 0.25) is 0 Å². The van der Waals surface area contributed by atoms with Crippen molar-refractivity contribution in [3.63, 3.8) is 0 Å². The molecule has 1 aliphatic rings. The minimum atomic E-state index is 0.413. The second-order valence-corrected chi connectivity index (χ2v) is 6.82. The number of rotatable bonds is 6. The van der Waals surface area contributed by atoms with Gasteiger partial charge in [-0.2, -0.15) is 0 Å². The van der Waals surface area contributed by atoms with Crippen LogP contribution >= 0.6 is 0 Å². The molecule has 0 aromatic heterocycles. The zero-order valence-corrected chi connectivity index (χ0v) is 13.2. The lowest BCUT2D eigenvalue weighted by atomic mass is 9.82. The number of ether oxygens (including phenoxy) is 1. The molecule has 2 nitrogen and oxygen atoms in total. The molecule has 1 atom stereocenters. The SMILES string of the molecule is CC(C)C(CNCC1(C)CCOCC1)c1ccccc1. The Morgan fingerprint density at radius 3 is 2.40 bits per heavy atom. The maximum Gasteiger partial charge on any atom is 0.0471 e. The van der Waals surface area contributed by atoms with Crippen LogP contribution in [0.1, 0.15) is 45.1 Å². The molecule has 1 fully saturated rings. The van der Waals surface area contributed by atoms with Gasteiger partial charge in [0.1, 0.15) is 0 Å². The van der Waals surface area contributed by atoms with Crippen molar-refractivity contribution in [1.82, 2.24) is 5.32 Å². The Kier molecular flexibility index (Phi) is 5.62. The topological polar surface area (TPSA) is 21.3 Å². The third kappa shape index (κ3) is 4.32. The first-order valence-corrected chi connectivity index (χ1v) is 7.94. The number of nitrogens with one attached hydrogen (secondary N) is 1. The molecule has 20 heavy (non-hydrogen) atoms. The van der Waals surface area contributed by atoms with Gasteiger partial charge in [-0.1, -0.05) is 51.1 Å². The third-order valence-electron chi connectivity index (χ3n) is 4.65. The molecule has 0 amide bonds. The first-order valence-electron chi connectivity index (χ1n) is 7.94. The van der Waals surface area contributed by atoms with Gasteiger partial charge in [-0.25, -0.2) is 0 Å². The minimum Gasteiger partial charge on any atom is -0.381 e. The number of benzene rings is 1. The molecular weight excluding hydrogens is 246 g/mol. The van der Waals surface area contributed by atoms with E-state index in [-0.39, 0.29) is 0 Å². The molecule has 1 heterocycles. The molecule has 1 saturated heterocycles. The average Bonchev–Trinajstić information content (AvgIpc) is 2.45. The molecule has 2 rings (SSSR count). The van der Waals surface area contributed by atoms with E-state index in [1.807, 2.05) is 0 Å². The maximum absolute atomic E-state index is 5.47. The first-order chi connectivity index (χ1) is 9.61. The van der Waals surface area contributed by atoms with E-state index in [1.54, 1.807) is 0 Å². The average molecular weight is 275 g/mol. The normalized spacial score (nSPS) is 20.0. The van der Waals surface area contributed by atoms with Crippen molar-refractivity contribution in [3.8, 4) is 0 Å². The highest BCUT2D eigenvalue weighted by atomic mass is 16.5. The van der Waals surface area contributed by atoms with Crippen LogP contribution in [0, 0.1) is 11.3 Å². The van der Waals surface area contributed by atoms with Gasteiger partial charge in [0, 0.05) is 26.3 Å². The van der Waals surface area contributed by atoms with Gasteiger partial charge < -0.3 is 10.1 Å². The Labute approximate surface area is 123 Å². The lowest BCUT2D eigenvalue weighted by Crippen LogP contribution is -2.38. The highest BCUT2D eigenvalue weighted by Gasteiger charge is 2.27. The van der Waals surface area contributed by atoms with E-state index in [2.05, 4.69) is 56.4 Å². The molecule has 0 saturated carbocycles. The molecule has 2 heteroatoms. The van der Waals surface area contributed by atoms with Gasteiger partial charge in [0.15, 0.2) is 0 Å². The second-order valence-electron chi connectivity index (χ2n) is 6.82. The lowest BCUT2D eigenvalue weighted by Gasteiger charge is -2.34. The van der Waals surface area contributed by atoms with E-state index in [1.165, 1.54) is 18.4 Å². The lowest BCUT2D eigenvalue weighted by molar-refractivity contribution is 0.0239. The Morgan fingerprint density at radius 2 is 1.80 bits per heavy atom. The minimum absolute atomic E-state index is 0.413. The molecular formula is C18H29NO. The monoisotopic (exact) mass is 275 g/mol. The van der Waals surface area contributed by atoms with E-state index >= 15 is 0 Å². The quantitative estimate of drug-likeness (QED) is 0.852. The third-order valence-corrected chi connectivity index (χ3v) is 4.65. The van der Waals surface area contributed by atoms with Crippen molar-refractivity contribution in [3.05, 3.63) is 35.9 Å². The summed E-state index contributed by atoms with van der Waals surface area (Å²) in [5.41, 5.74) is 1.86. The van der Waals surface area contributed by atoms with Gasteiger partial charge in [-0.3, -0.25) is 0 Å². The summed E-state index contributed by atoms with van der Waals surface area (Å²) < 4.78 is 5.47. The van der Waals surface area contributed by atoms with Crippen LogP contribution in [0.3, 0.4) is 0 Å². The van der Waals surface area contributed by atoms with Crippen molar-refractivity contribution >= 4 is 0 Å². The summed E-state index contributed by atoms with van der Waals surface area (Å²) in [5.74, 6) is 1.26. The van der Waals surface area contributed by atoms with Crippen molar-refractivity contribution in [2.45, 2.75) is 39.5 Å². The molecule has 1 aromatic carbocycles. The van der Waals surface area contributed by atoms with E-state index in [4.69, 9.17) is 4.74 Å². The summed E-state index contributed by atoms with van der Waals surface area (Å²) in [6.07, 6.45) is 2.36. The smallest absolute Gasteiger partial charge is 0.0471 e. The molecule has 1 N–H and O–H groups in total. The first kappa shape index (κ1) is 15.5. The summed E-state index contributed by atoms with van der Waals surface area (Å²) in [5, 5.41) is 3.72. The van der Waals surface area contributed by atoms with E-state index in [9.17, 15) is 0 Å². The van der Waals surface area contributed by atoms with Crippen molar-refractivity contribution < 1.29 is 4.74 Å². The van der Waals surface area contributed by atoms with Crippen LogP contribution in [0.25, 0.3) is 0 Å². The molecule has 0 spiro atoms. The largest absolute Gasteiger partial charge is 0.381 e. The van der Waals surface area contributed by atoms with Crippen LogP contribution in [0.4, 0.5) is 0 Å². The highest BCUT2D eigenvalue weighted by Crippen LogP contribution is 2.29. The van der Waals surface area contributed by atoms with Crippen LogP contribution in [0.5, 0.6) is 0 Å². The fraction of sp³-hybridized carbons (Fsp3) is 0.667. The van der Waals surface area contributed by atoms with Crippen LogP contribution < -0.4 is 5.32 Å². The van der Waals surface area contributed by atoms with Crippen LogP contribution in [0.15, 0.2) is 30.3 Å². The predicted octanol–water partition coefficient (Wildman–Crippen LogP) is 3.83. The molecule has 1 aliphatic heterocycles. The van der Waals surface area contributed by atoms with Gasteiger partial charge in [0.25, 0.3) is 0 Å². The molecule has 0 radical (unpaired) electrons. The standard InChI is InChI=1S/C18H29NO/c1-15(2)17(16-7-5-4-6-8-16)13-19-14-18(3)9-11-20-12-10-18/h4-8,15,17,19H,9-14H2,1-3H3. The maximum atomic E-state index is 5.47. The molecule has 0 aliphatic carbocycles. The van der Waals surface area contributed by atoms with Crippen molar-refractivity contribution in [2.24, 2.45) is 11.3 Å². The Hall–Kier alpha value is -0.860. The van der Waals surface area contributed by atoms with E-state index < -0.39 is 0 Å². The predicted molar refractivity (Wildman–Crippen MR) is 85.1 cm³/mol. The van der Waals surface area contributed by atoms with Gasteiger partial charge in [-0.15, -0.1) is 0 Å². The summed E-state index contributed by atoms with van der Waals surface area (Å²) in [7, 11) is 0. The second kappa shape index (κ2) is 7.24. The summed E-state index contributed by atoms with van der Waals surface area (Å²) >= 11 is 0. The Morgan fingerprint density at radius 1 is 1.15 bits per heavy atom. The van der Waals surface area contributed by atoms with Gasteiger partial charge >= 0.3 is 0 Å². The number of hydrogen-bond donors (Lipinski definition) is 1.